The average molecular weight is 520 g/mol. The zero-order valence-corrected chi connectivity index (χ0v) is 21.9. The Balaban J connectivity index is 1.62. The lowest BCUT2D eigenvalue weighted by Gasteiger charge is -2.36. The minimum Gasteiger partial charge on any atom is -0.464 e. The summed E-state index contributed by atoms with van der Waals surface area (Å²) in [7, 11) is 0. The van der Waals surface area contributed by atoms with E-state index in [9.17, 15) is 14.4 Å². The quantitative estimate of drug-likeness (QED) is 0.343. The first kappa shape index (κ1) is 25.2. The van der Waals surface area contributed by atoms with Crippen LogP contribution in [0.25, 0.3) is 11.0 Å². The molecule has 0 fully saturated rings. The molecule has 3 aromatic rings. The van der Waals surface area contributed by atoms with Gasteiger partial charge in [-0.05, 0) is 50.8 Å². The van der Waals surface area contributed by atoms with E-state index in [4.69, 9.17) is 13.9 Å². The van der Waals surface area contributed by atoms with Gasteiger partial charge in [0.2, 0.25) is 0 Å². The molecule has 1 aliphatic heterocycles. The smallest absolute Gasteiger partial charge is 0.336 e. The zero-order valence-electron chi connectivity index (χ0n) is 21.1. The largest absolute Gasteiger partial charge is 0.464 e. The molecule has 0 saturated carbocycles. The Kier molecular flexibility index (Phi) is 7.13. The molecule has 0 amide bonds. The van der Waals surface area contributed by atoms with Crippen molar-refractivity contribution in [3.63, 3.8) is 0 Å². The standard InChI is InChI=1S/C29H29NO6S/c1-4-34-9-10-35-29(33)25-17(3)30-21-13-18(24-6-5-11-37-24)14-22(31)27(21)26(25)20-15-36-23-8-7-16(2)12-19(23)28(20)32/h5-8,11-12,15,18,26,30H,4,9-10,13-14H2,1-3H3/t18-,26-/m0/s1. The van der Waals surface area contributed by atoms with Gasteiger partial charge >= 0.3 is 5.97 Å². The molecule has 1 aromatic carbocycles. The van der Waals surface area contributed by atoms with Gasteiger partial charge in [-0.3, -0.25) is 9.59 Å². The second-order valence-electron chi connectivity index (χ2n) is 9.39. The molecule has 0 radical (unpaired) electrons. The van der Waals surface area contributed by atoms with Crippen molar-refractivity contribution in [1.29, 1.82) is 0 Å². The van der Waals surface area contributed by atoms with E-state index in [1.807, 2.05) is 37.4 Å². The zero-order chi connectivity index (χ0) is 26.1. The maximum Gasteiger partial charge on any atom is 0.336 e. The molecule has 3 heterocycles. The number of rotatable bonds is 7. The number of hydrogen-bond acceptors (Lipinski definition) is 8. The number of fused-ring (bicyclic) bond motifs is 1. The Hall–Kier alpha value is -3.49. The van der Waals surface area contributed by atoms with Crippen LogP contribution in [0.1, 0.15) is 54.5 Å². The van der Waals surface area contributed by atoms with Gasteiger partial charge in [-0.25, -0.2) is 4.79 Å². The van der Waals surface area contributed by atoms with Crippen molar-refractivity contribution in [3.05, 3.63) is 90.7 Å². The third-order valence-electron chi connectivity index (χ3n) is 6.92. The Labute approximate surface area is 218 Å². The number of benzene rings is 1. The number of carbonyl (C=O) groups is 2. The van der Waals surface area contributed by atoms with Crippen molar-refractivity contribution < 1.29 is 23.5 Å². The molecule has 37 heavy (non-hydrogen) atoms. The molecule has 2 aliphatic rings. The van der Waals surface area contributed by atoms with Crippen LogP contribution < -0.4 is 10.7 Å². The molecule has 192 valence electrons. The molecule has 0 spiro atoms. The van der Waals surface area contributed by atoms with Gasteiger partial charge in [0.15, 0.2) is 11.2 Å². The molecule has 1 aliphatic carbocycles. The first-order chi connectivity index (χ1) is 17.9. The summed E-state index contributed by atoms with van der Waals surface area (Å²) >= 11 is 1.63. The Morgan fingerprint density at radius 3 is 2.76 bits per heavy atom. The Morgan fingerprint density at radius 1 is 1.16 bits per heavy atom. The minimum atomic E-state index is -0.881. The normalized spacial score (nSPS) is 19.7. The topological polar surface area (TPSA) is 94.8 Å². The number of carbonyl (C=O) groups excluding carboxylic acids is 2. The molecule has 8 heteroatoms. The summed E-state index contributed by atoms with van der Waals surface area (Å²) in [4.78, 5) is 42.0. The summed E-state index contributed by atoms with van der Waals surface area (Å²) < 4.78 is 16.7. The fourth-order valence-corrected chi connectivity index (χ4v) is 6.05. The molecule has 0 bridgehead atoms. The molecule has 5 rings (SSSR count). The predicted octanol–water partition coefficient (Wildman–Crippen LogP) is 5.10. The highest BCUT2D eigenvalue weighted by Gasteiger charge is 2.43. The van der Waals surface area contributed by atoms with Crippen molar-refractivity contribution in [2.45, 2.75) is 45.4 Å². The van der Waals surface area contributed by atoms with Crippen molar-refractivity contribution in [3.8, 4) is 0 Å². The Morgan fingerprint density at radius 2 is 2.00 bits per heavy atom. The van der Waals surface area contributed by atoms with Crippen molar-refractivity contribution >= 4 is 34.1 Å². The number of nitrogens with one attached hydrogen (secondary N) is 1. The fraction of sp³-hybridized carbons (Fsp3) is 0.345. The van der Waals surface area contributed by atoms with E-state index >= 15 is 0 Å². The molecule has 2 atom stereocenters. The molecule has 1 N–H and O–H groups in total. The minimum absolute atomic E-state index is 0.0440. The number of dihydropyridines is 1. The number of ketones is 1. The number of Topliss-reactive ketones (excluding diaryl/α,β-unsaturated/α-hetero) is 1. The fourth-order valence-electron chi connectivity index (χ4n) is 5.22. The number of ether oxygens (including phenoxy) is 2. The third kappa shape index (κ3) is 4.79. The number of allylic oxidation sites excluding steroid dienone is 3. The molecular weight excluding hydrogens is 490 g/mol. The average Bonchev–Trinajstić information content (AvgIpc) is 3.41. The van der Waals surface area contributed by atoms with E-state index in [1.54, 1.807) is 30.4 Å². The highest BCUT2D eigenvalue weighted by molar-refractivity contribution is 7.10. The van der Waals surface area contributed by atoms with Crippen LogP contribution in [0.4, 0.5) is 0 Å². The van der Waals surface area contributed by atoms with Gasteiger partial charge in [-0.1, -0.05) is 17.7 Å². The van der Waals surface area contributed by atoms with Gasteiger partial charge in [0.25, 0.3) is 0 Å². The van der Waals surface area contributed by atoms with Gasteiger partial charge in [-0.2, -0.15) is 0 Å². The lowest BCUT2D eigenvalue weighted by molar-refractivity contribution is -0.140. The van der Waals surface area contributed by atoms with E-state index in [1.165, 1.54) is 6.26 Å². The summed E-state index contributed by atoms with van der Waals surface area (Å²) in [5, 5.41) is 5.74. The molecule has 0 saturated heterocycles. The molecular formula is C29H29NO6S. The van der Waals surface area contributed by atoms with Gasteiger partial charge in [0, 0.05) is 46.4 Å². The van der Waals surface area contributed by atoms with E-state index in [0.717, 1.165) is 16.1 Å². The lowest BCUT2D eigenvalue weighted by Crippen LogP contribution is -2.37. The van der Waals surface area contributed by atoms with Gasteiger partial charge in [0.05, 0.1) is 29.7 Å². The monoisotopic (exact) mass is 519 g/mol. The van der Waals surface area contributed by atoms with Crippen LogP contribution in [-0.4, -0.2) is 31.6 Å². The van der Waals surface area contributed by atoms with E-state index in [0.29, 0.717) is 41.7 Å². The van der Waals surface area contributed by atoms with Gasteiger partial charge in [0.1, 0.15) is 12.2 Å². The highest BCUT2D eigenvalue weighted by Crippen LogP contribution is 2.45. The molecule has 0 unspecified atom stereocenters. The summed E-state index contributed by atoms with van der Waals surface area (Å²) in [6, 6.07) is 9.42. The predicted molar refractivity (Wildman–Crippen MR) is 142 cm³/mol. The van der Waals surface area contributed by atoms with Crippen LogP contribution in [0.3, 0.4) is 0 Å². The Bertz CT molecular complexity index is 1480. The maximum absolute atomic E-state index is 13.8. The SMILES string of the molecule is CCOCCOC(=O)C1=C(C)NC2=C(C(=O)C[C@@H](c3cccs3)C2)[C@H]1c1coc2ccc(C)cc2c1=O. The molecule has 7 nitrogen and oxygen atoms in total. The third-order valence-corrected chi connectivity index (χ3v) is 7.96. The van der Waals surface area contributed by atoms with Gasteiger partial charge in [-0.15, -0.1) is 11.3 Å². The van der Waals surface area contributed by atoms with Crippen LogP contribution in [0.2, 0.25) is 0 Å². The first-order valence-corrected chi connectivity index (χ1v) is 13.3. The summed E-state index contributed by atoms with van der Waals surface area (Å²) in [5.74, 6) is -1.51. The number of esters is 1. The van der Waals surface area contributed by atoms with Crippen LogP contribution in [0.5, 0.6) is 0 Å². The molecule has 2 aromatic heterocycles. The van der Waals surface area contributed by atoms with Gasteiger partial charge < -0.3 is 19.2 Å². The van der Waals surface area contributed by atoms with Crippen LogP contribution in [0.15, 0.2) is 73.7 Å². The van der Waals surface area contributed by atoms with E-state index in [-0.39, 0.29) is 41.5 Å². The second kappa shape index (κ2) is 10.5. The van der Waals surface area contributed by atoms with E-state index in [2.05, 4.69) is 5.32 Å². The summed E-state index contributed by atoms with van der Waals surface area (Å²) in [6.07, 6.45) is 2.31. The number of aryl methyl sites for hydroxylation is 1. The van der Waals surface area contributed by atoms with Crippen LogP contribution >= 0.6 is 11.3 Å². The van der Waals surface area contributed by atoms with Crippen LogP contribution in [0, 0.1) is 6.92 Å². The van der Waals surface area contributed by atoms with Crippen molar-refractivity contribution in [1.82, 2.24) is 5.32 Å². The summed E-state index contributed by atoms with van der Waals surface area (Å²) in [5.41, 5.74) is 3.36. The second-order valence-corrected chi connectivity index (χ2v) is 10.4. The number of thiophene rings is 1. The van der Waals surface area contributed by atoms with Crippen molar-refractivity contribution in [2.24, 2.45) is 0 Å². The lowest BCUT2D eigenvalue weighted by atomic mass is 9.73. The number of hydrogen-bond donors (Lipinski definition) is 1. The van der Waals surface area contributed by atoms with E-state index < -0.39 is 11.9 Å². The van der Waals surface area contributed by atoms with Crippen molar-refractivity contribution in [2.75, 3.05) is 19.8 Å². The first-order valence-electron chi connectivity index (χ1n) is 12.4. The van der Waals surface area contributed by atoms with Crippen LogP contribution in [-0.2, 0) is 19.1 Å². The summed E-state index contributed by atoms with van der Waals surface area (Å²) in [6.45, 7) is 6.39. The highest BCUT2D eigenvalue weighted by atomic mass is 32.1. The maximum atomic E-state index is 13.8.